The summed E-state index contributed by atoms with van der Waals surface area (Å²) < 4.78 is 0. The summed E-state index contributed by atoms with van der Waals surface area (Å²) in [6, 6.07) is 10.4. The molecule has 0 spiro atoms. The van der Waals surface area contributed by atoms with Crippen LogP contribution in [0.4, 0.5) is 0 Å². The Labute approximate surface area is 114 Å². The van der Waals surface area contributed by atoms with Crippen LogP contribution in [0.25, 0.3) is 0 Å². The fourth-order valence-corrected chi connectivity index (χ4v) is 2.69. The van der Waals surface area contributed by atoms with Gasteiger partial charge in [-0.3, -0.25) is 9.69 Å². The van der Waals surface area contributed by atoms with E-state index >= 15 is 0 Å². The first kappa shape index (κ1) is 13.4. The fraction of sp³-hybridized carbons (Fsp3) is 0.400. The molecule has 1 aromatic carbocycles. The van der Waals surface area contributed by atoms with E-state index in [-0.39, 0.29) is 11.0 Å². The first-order valence-corrected chi connectivity index (χ1v) is 6.76. The third kappa shape index (κ3) is 3.24. The summed E-state index contributed by atoms with van der Waals surface area (Å²) in [7, 11) is 2.11. The highest BCUT2D eigenvalue weighted by Gasteiger charge is 2.25. The van der Waals surface area contributed by atoms with Crippen molar-refractivity contribution in [3.8, 4) is 0 Å². The highest BCUT2D eigenvalue weighted by molar-refractivity contribution is 7.96. The molecule has 0 radical (unpaired) electrons. The molecule has 0 saturated carbocycles. The van der Waals surface area contributed by atoms with E-state index in [4.69, 9.17) is 0 Å². The van der Waals surface area contributed by atoms with E-state index in [1.807, 2.05) is 30.3 Å². The largest absolute Gasteiger partial charge is 0.299 e. The molecule has 0 aromatic heterocycles. The van der Waals surface area contributed by atoms with E-state index in [0.717, 1.165) is 24.9 Å². The zero-order valence-corrected chi connectivity index (χ0v) is 11.5. The average molecular weight is 261 g/mol. The van der Waals surface area contributed by atoms with Crippen LogP contribution < -0.4 is 0 Å². The van der Waals surface area contributed by atoms with Gasteiger partial charge in [-0.1, -0.05) is 42.5 Å². The van der Waals surface area contributed by atoms with Crippen molar-refractivity contribution in [2.45, 2.75) is 24.8 Å². The number of carbonyl (C=O) groups excluding carboxylic acids is 1. The van der Waals surface area contributed by atoms with Gasteiger partial charge < -0.3 is 0 Å². The predicted octanol–water partition coefficient (Wildman–Crippen LogP) is 2.88. The van der Waals surface area contributed by atoms with Crippen LogP contribution in [-0.4, -0.2) is 29.6 Å². The molecule has 2 nitrogen and oxygen atoms in total. The molecule has 1 aliphatic rings. The number of likely N-dealkylation sites (N-methyl/N-ethyl adjacent to an activating group) is 1. The lowest BCUT2D eigenvalue weighted by atomic mass is 9.90. The summed E-state index contributed by atoms with van der Waals surface area (Å²) in [5.74, 6) is -0.103. The van der Waals surface area contributed by atoms with E-state index in [2.05, 4.69) is 36.7 Å². The van der Waals surface area contributed by atoms with E-state index in [9.17, 15) is 4.79 Å². The molecule has 1 aliphatic heterocycles. The van der Waals surface area contributed by atoms with Gasteiger partial charge in [0.05, 0.1) is 5.92 Å². The molecule has 0 N–H and O–H groups in total. The van der Waals surface area contributed by atoms with Gasteiger partial charge in [0.1, 0.15) is 0 Å². The summed E-state index contributed by atoms with van der Waals surface area (Å²) in [6.45, 7) is 0.965. The lowest BCUT2D eigenvalue weighted by molar-refractivity contribution is -0.112. The predicted molar refractivity (Wildman–Crippen MR) is 78.0 cm³/mol. The van der Waals surface area contributed by atoms with Crippen molar-refractivity contribution in [2.24, 2.45) is 0 Å². The van der Waals surface area contributed by atoms with Gasteiger partial charge in [0.25, 0.3) is 0 Å². The van der Waals surface area contributed by atoms with E-state index in [1.54, 1.807) is 0 Å². The van der Waals surface area contributed by atoms with Gasteiger partial charge in [0.15, 0.2) is 5.12 Å². The van der Waals surface area contributed by atoms with Crippen LogP contribution in [0.3, 0.4) is 0 Å². The summed E-state index contributed by atoms with van der Waals surface area (Å²) in [5.41, 5.74) is 1.07. The molecule has 1 heterocycles. The second kappa shape index (κ2) is 6.21. The summed E-state index contributed by atoms with van der Waals surface area (Å²) in [4.78, 5) is 14.1. The third-order valence-corrected chi connectivity index (χ3v) is 3.91. The van der Waals surface area contributed by atoms with Crippen molar-refractivity contribution in [1.29, 1.82) is 0 Å². The molecule has 0 amide bonds. The molecular formula is C15H19NOS. The highest BCUT2D eigenvalue weighted by Crippen LogP contribution is 2.27. The van der Waals surface area contributed by atoms with Crippen LogP contribution in [0.15, 0.2) is 42.5 Å². The maximum atomic E-state index is 11.8. The van der Waals surface area contributed by atoms with Gasteiger partial charge in [-0.25, -0.2) is 0 Å². The fourth-order valence-electron chi connectivity index (χ4n) is 2.44. The van der Waals surface area contributed by atoms with Gasteiger partial charge in [-0.2, -0.15) is 0 Å². The molecule has 1 aromatic rings. The minimum atomic E-state index is -0.103. The average Bonchev–Trinajstić information content (AvgIpc) is 2.38. The Bertz CT molecular complexity index is 429. The van der Waals surface area contributed by atoms with Crippen LogP contribution in [-0.2, 0) is 4.79 Å². The lowest BCUT2D eigenvalue weighted by Crippen LogP contribution is -2.35. The topological polar surface area (TPSA) is 20.3 Å². The molecule has 2 atom stereocenters. The Morgan fingerprint density at radius 3 is 2.72 bits per heavy atom. The minimum absolute atomic E-state index is 0.0378. The maximum Gasteiger partial charge on any atom is 0.193 e. The minimum Gasteiger partial charge on any atom is -0.299 e. The smallest absolute Gasteiger partial charge is 0.193 e. The SMILES string of the molecule is CN1CC=CCC1CC(C(=O)S)c1ccccc1. The van der Waals surface area contributed by atoms with Crippen LogP contribution >= 0.6 is 12.6 Å². The van der Waals surface area contributed by atoms with Gasteiger partial charge >= 0.3 is 0 Å². The number of nitrogens with zero attached hydrogens (tertiary/aromatic N) is 1. The highest BCUT2D eigenvalue weighted by atomic mass is 32.1. The Kier molecular flexibility index (Phi) is 4.61. The van der Waals surface area contributed by atoms with Crippen molar-refractivity contribution in [2.75, 3.05) is 13.6 Å². The van der Waals surface area contributed by atoms with Gasteiger partial charge in [-0.05, 0) is 25.5 Å². The summed E-state index contributed by atoms with van der Waals surface area (Å²) >= 11 is 4.06. The Morgan fingerprint density at radius 2 is 2.11 bits per heavy atom. The molecule has 0 bridgehead atoms. The number of hydrogen-bond donors (Lipinski definition) is 1. The van der Waals surface area contributed by atoms with Crippen LogP contribution in [0.2, 0.25) is 0 Å². The Hall–Kier alpha value is -1.06. The first-order chi connectivity index (χ1) is 8.68. The zero-order chi connectivity index (χ0) is 13.0. The Morgan fingerprint density at radius 1 is 1.39 bits per heavy atom. The van der Waals surface area contributed by atoms with Crippen molar-refractivity contribution < 1.29 is 4.79 Å². The number of rotatable bonds is 4. The Balaban J connectivity index is 2.12. The molecule has 96 valence electrons. The first-order valence-electron chi connectivity index (χ1n) is 6.31. The molecule has 0 saturated heterocycles. The molecule has 18 heavy (non-hydrogen) atoms. The third-order valence-electron chi connectivity index (χ3n) is 3.60. The zero-order valence-electron chi connectivity index (χ0n) is 10.6. The van der Waals surface area contributed by atoms with E-state index in [1.165, 1.54) is 0 Å². The lowest BCUT2D eigenvalue weighted by Gasteiger charge is -2.31. The number of thiol groups is 1. The number of carbonyl (C=O) groups is 1. The number of hydrogen-bond acceptors (Lipinski definition) is 2. The van der Waals surface area contributed by atoms with Crippen molar-refractivity contribution >= 4 is 17.7 Å². The molecular weight excluding hydrogens is 242 g/mol. The van der Waals surface area contributed by atoms with Crippen LogP contribution in [0.1, 0.15) is 24.3 Å². The van der Waals surface area contributed by atoms with Gasteiger partial charge in [0.2, 0.25) is 0 Å². The molecule has 0 fully saturated rings. The molecule has 0 aliphatic carbocycles. The van der Waals surface area contributed by atoms with Crippen molar-refractivity contribution in [3.63, 3.8) is 0 Å². The van der Waals surface area contributed by atoms with Gasteiger partial charge in [-0.15, -0.1) is 12.6 Å². The standard InChI is InChI=1S/C15H19NOS/c1-16-10-6-5-9-13(16)11-14(15(17)18)12-7-3-2-4-8-12/h2-8,13-14H,9-11H2,1H3,(H,17,18). The summed E-state index contributed by atoms with van der Waals surface area (Å²) in [5, 5.41) is -0.0378. The second-order valence-electron chi connectivity index (χ2n) is 4.84. The molecule has 2 unspecified atom stereocenters. The molecule has 2 rings (SSSR count). The quantitative estimate of drug-likeness (QED) is 0.664. The maximum absolute atomic E-state index is 11.8. The van der Waals surface area contributed by atoms with Crippen LogP contribution in [0, 0.1) is 0 Å². The van der Waals surface area contributed by atoms with Crippen molar-refractivity contribution in [3.05, 3.63) is 48.0 Å². The monoisotopic (exact) mass is 261 g/mol. The molecule has 3 heteroatoms. The van der Waals surface area contributed by atoms with E-state index < -0.39 is 0 Å². The van der Waals surface area contributed by atoms with Crippen molar-refractivity contribution in [1.82, 2.24) is 4.90 Å². The van der Waals surface area contributed by atoms with Crippen LogP contribution in [0.5, 0.6) is 0 Å². The normalized spacial score (nSPS) is 21.8. The number of benzene rings is 1. The van der Waals surface area contributed by atoms with E-state index in [0.29, 0.717) is 6.04 Å². The van der Waals surface area contributed by atoms with Gasteiger partial charge in [0, 0.05) is 12.6 Å². The second-order valence-corrected chi connectivity index (χ2v) is 5.28. The summed E-state index contributed by atoms with van der Waals surface area (Å²) in [6.07, 6.45) is 6.24.